The molecule has 0 spiro atoms. The normalized spacial score (nSPS) is 21.5. The van der Waals surface area contributed by atoms with E-state index in [1.54, 1.807) is 24.2 Å². The number of rotatable bonds is 5. The van der Waals surface area contributed by atoms with Crippen LogP contribution in [0.2, 0.25) is 0 Å². The fraction of sp³-hybridized carbons (Fsp3) is 0.615. The number of nitrogens with one attached hydrogen (secondary N) is 1. The minimum atomic E-state index is -0.856. The summed E-state index contributed by atoms with van der Waals surface area (Å²) in [5, 5.41) is 15.9. The van der Waals surface area contributed by atoms with Gasteiger partial charge in [0.2, 0.25) is 0 Å². The largest absolute Gasteiger partial charge is 0.481 e. The molecule has 21 heavy (non-hydrogen) atoms. The van der Waals surface area contributed by atoms with Crippen molar-refractivity contribution in [1.29, 1.82) is 0 Å². The second kappa shape index (κ2) is 6.57. The van der Waals surface area contributed by atoms with Crippen LogP contribution in [0, 0.1) is 11.8 Å². The predicted molar refractivity (Wildman–Crippen MR) is 75.0 cm³/mol. The van der Waals surface area contributed by atoms with Crippen molar-refractivity contribution in [2.75, 3.05) is 32.1 Å². The van der Waals surface area contributed by atoms with E-state index in [4.69, 9.17) is 9.84 Å². The van der Waals surface area contributed by atoms with E-state index in [-0.39, 0.29) is 18.5 Å². The third-order valence-electron chi connectivity index (χ3n) is 3.63. The molecule has 8 nitrogen and oxygen atoms in total. The Balaban J connectivity index is 1.90. The van der Waals surface area contributed by atoms with Gasteiger partial charge in [0.25, 0.3) is 0 Å². The fourth-order valence-corrected chi connectivity index (χ4v) is 2.39. The van der Waals surface area contributed by atoms with Crippen LogP contribution in [0.1, 0.15) is 6.92 Å². The maximum Gasteiger partial charge on any atom is 0.321 e. The van der Waals surface area contributed by atoms with E-state index >= 15 is 0 Å². The highest BCUT2D eigenvalue weighted by molar-refractivity contribution is 5.89. The third kappa shape index (κ3) is 3.72. The number of likely N-dealkylation sites (tertiary alicyclic amines) is 1. The van der Waals surface area contributed by atoms with E-state index in [1.165, 1.54) is 4.90 Å². The van der Waals surface area contributed by atoms with Gasteiger partial charge in [-0.3, -0.25) is 9.48 Å². The summed E-state index contributed by atoms with van der Waals surface area (Å²) in [7, 11) is 1.61. The van der Waals surface area contributed by atoms with Crippen LogP contribution in [0.5, 0.6) is 0 Å². The summed E-state index contributed by atoms with van der Waals surface area (Å²) in [4.78, 5) is 24.7. The Labute approximate surface area is 122 Å². The van der Waals surface area contributed by atoms with Crippen LogP contribution >= 0.6 is 0 Å². The highest BCUT2D eigenvalue weighted by atomic mass is 16.5. The number of amides is 2. The molecule has 1 saturated heterocycles. The SMILES string of the molecule is COCCn1cc(NC(=O)N2CC(C)C(C(=O)O)C2)cn1. The number of urea groups is 1. The molecule has 0 saturated carbocycles. The van der Waals surface area contributed by atoms with Gasteiger partial charge in [0.05, 0.1) is 31.0 Å². The van der Waals surface area contributed by atoms with E-state index in [9.17, 15) is 9.59 Å². The van der Waals surface area contributed by atoms with Crippen molar-refractivity contribution in [3.05, 3.63) is 12.4 Å². The number of hydrogen-bond donors (Lipinski definition) is 2. The summed E-state index contributed by atoms with van der Waals surface area (Å²) >= 11 is 0. The lowest BCUT2D eigenvalue weighted by Gasteiger charge is -2.15. The zero-order valence-electron chi connectivity index (χ0n) is 12.2. The molecule has 1 aromatic heterocycles. The molecule has 2 heterocycles. The molecule has 1 aliphatic rings. The van der Waals surface area contributed by atoms with E-state index in [1.807, 2.05) is 6.92 Å². The zero-order valence-corrected chi connectivity index (χ0v) is 12.2. The van der Waals surface area contributed by atoms with Crippen LogP contribution in [0.15, 0.2) is 12.4 Å². The predicted octanol–water partition coefficient (Wildman–Crippen LogP) is 0.714. The van der Waals surface area contributed by atoms with Gasteiger partial charge in [-0.2, -0.15) is 5.10 Å². The smallest absolute Gasteiger partial charge is 0.321 e. The lowest BCUT2D eigenvalue weighted by molar-refractivity contribution is -0.142. The van der Waals surface area contributed by atoms with Crippen molar-refractivity contribution in [2.24, 2.45) is 11.8 Å². The van der Waals surface area contributed by atoms with Crippen LogP contribution in [0.4, 0.5) is 10.5 Å². The maximum atomic E-state index is 12.1. The van der Waals surface area contributed by atoms with Crippen LogP contribution in [0.25, 0.3) is 0 Å². The molecule has 2 amide bonds. The van der Waals surface area contributed by atoms with Gasteiger partial charge in [0.15, 0.2) is 0 Å². The average Bonchev–Trinajstić information content (AvgIpc) is 3.03. The molecule has 2 atom stereocenters. The Bertz CT molecular complexity index is 516. The van der Waals surface area contributed by atoms with Crippen LogP contribution < -0.4 is 5.32 Å². The summed E-state index contributed by atoms with van der Waals surface area (Å²) in [6, 6.07) is -0.295. The molecular weight excluding hydrogens is 276 g/mol. The number of carbonyl (C=O) groups is 2. The van der Waals surface area contributed by atoms with Gasteiger partial charge in [-0.1, -0.05) is 6.92 Å². The maximum absolute atomic E-state index is 12.1. The molecule has 2 N–H and O–H groups in total. The Morgan fingerprint density at radius 1 is 1.52 bits per heavy atom. The standard InChI is InChI=1S/C13H20N4O4/c1-9-6-16(8-11(9)12(18)19)13(20)15-10-5-14-17(7-10)3-4-21-2/h5,7,9,11H,3-4,6,8H2,1-2H3,(H,15,20)(H,18,19). The van der Waals surface area contributed by atoms with E-state index < -0.39 is 11.9 Å². The third-order valence-corrected chi connectivity index (χ3v) is 3.63. The Kier molecular flexibility index (Phi) is 4.79. The average molecular weight is 296 g/mol. The molecule has 2 rings (SSSR count). The van der Waals surface area contributed by atoms with Crippen molar-refractivity contribution < 1.29 is 19.4 Å². The first kappa shape index (κ1) is 15.3. The van der Waals surface area contributed by atoms with Crippen molar-refractivity contribution in [3.8, 4) is 0 Å². The second-order valence-electron chi connectivity index (χ2n) is 5.24. The van der Waals surface area contributed by atoms with E-state index in [0.29, 0.717) is 25.4 Å². The number of anilines is 1. The molecule has 8 heteroatoms. The van der Waals surface area contributed by atoms with Gasteiger partial charge >= 0.3 is 12.0 Å². The molecule has 1 aromatic rings. The van der Waals surface area contributed by atoms with Gasteiger partial charge < -0.3 is 20.1 Å². The molecular formula is C13H20N4O4. The quantitative estimate of drug-likeness (QED) is 0.834. The summed E-state index contributed by atoms with van der Waals surface area (Å²) in [5.41, 5.74) is 0.586. The first-order chi connectivity index (χ1) is 10.0. The molecule has 0 bridgehead atoms. The fourth-order valence-electron chi connectivity index (χ4n) is 2.39. The Morgan fingerprint density at radius 2 is 2.29 bits per heavy atom. The van der Waals surface area contributed by atoms with Gasteiger partial charge in [0, 0.05) is 26.4 Å². The van der Waals surface area contributed by atoms with Gasteiger partial charge in [0.1, 0.15) is 0 Å². The number of carboxylic acids is 1. The number of aliphatic carboxylic acids is 1. The molecule has 0 aromatic carbocycles. The van der Waals surface area contributed by atoms with E-state index in [0.717, 1.165) is 0 Å². The lowest BCUT2D eigenvalue weighted by Crippen LogP contribution is -2.33. The molecule has 1 aliphatic heterocycles. The van der Waals surface area contributed by atoms with Crippen LogP contribution in [0.3, 0.4) is 0 Å². The summed E-state index contributed by atoms with van der Waals surface area (Å²) in [5.74, 6) is -1.40. The number of carbonyl (C=O) groups excluding carboxylic acids is 1. The number of nitrogens with zero attached hydrogens (tertiary/aromatic N) is 3. The second-order valence-corrected chi connectivity index (χ2v) is 5.24. The summed E-state index contributed by atoms with van der Waals surface area (Å²) in [6.45, 7) is 3.67. The van der Waals surface area contributed by atoms with Crippen molar-refractivity contribution in [3.63, 3.8) is 0 Å². The Hall–Kier alpha value is -2.09. The molecule has 116 valence electrons. The monoisotopic (exact) mass is 296 g/mol. The molecule has 0 radical (unpaired) electrons. The first-order valence-corrected chi connectivity index (χ1v) is 6.81. The minimum Gasteiger partial charge on any atom is -0.481 e. The molecule has 2 unspecified atom stereocenters. The van der Waals surface area contributed by atoms with E-state index in [2.05, 4.69) is 10.4 Å². The number of ether oxygens (including phenoxy) is 1. The first-order valence-electron chi connectivity index (χ1n) is 6.81. The molecule has 0 aliphatic carbocycles. The Morgan fingerprint density at radius 3 is 2.90 bits per heavy atom. The van der Waals surface area contributed by atoms with Gasteiger partial charge in [-0.15, -0.1) is 0 Å². The van der Waals surface area contributed by atoms with Crippen LogP contribution in [-0.2, 0) is 16.1 Å². The highest BCUT2D eigenvalue weighted by Crippen LogP contribution is 2.23. The number of methoxy groups -OCH3 is 1. The summed E-state index contributed by atoms with van der Waals surface area (Å²) in [6.07, 6.45) is 3.27. The van der Waals surface area contributed by atoms with Crippen molar-refractivity contribution in [1.82, 2.24) is 14.7 Å². The zero-order chi connectivity index (χ0) is 15.4. The van der Waals surface area contributed by atoms with Gasteiger partial charge in [-0.25, -0.2) is 4.79 Å². The topological polar surface area (TPSA) is 96.7 Å². The minimum absolute atomic E-state index is 0.0438. The van der Waals surface area contributed by atoms with Crippen molar-refractivity contribution in [2.45, 2.75) is 13.5 Å². The lowest BCUT2D eigenvalue weighted by atomic mass is 9.99. The molecule has 1 fully saturated rings. The number of carboxylic acid groups (broad SMARTS) is 1. The highest BCUT2D eigenvalue weighted by Gasteiger charge is 2.36. The van der Waals surface area contributed by atoms with Gasteiger partial charge in [-0.05, 0) is 5.92 Å². The summed E-state index contributed by atoms with van der Waals surface area (Å²) < 4.78 is 6.62. The number of hydrogen-bond acceptors (Lipinski definition) is 4. The number of aromatic nitrogens is 2. The van der Waals surface area contributed by atoms with Crippen LogP contribution in [-0.4, -0.2) is 58.6 Å². The van der Waals surface area contributed by atoms with Crippen molar-refractivity contribution >= 4 is 17.7 Å².